The van der Waals surface area contributed by atoms with Gasteiger partial charge in [-0.3, -0.25) is 19.7 Å². The predicted octanol–water partition coefficient (Wildman–Crippen LogP) is 4.74. The fourth-order valence-electron chi connectivity index (χ4n) is 2.48. The Kier molecular flexibility index (Phi) is 5.28. The lowest BCUT2D eigenvalue weighted by molar-refractivity contribution is -0.384. The van der Waals surface area contributed by atoms with Gasteiger partial charge < -0.3 is 0 Å². The fraction of sp³-hybridized carbons (Fsp3) is 0. The number of hydrogen-bond acceptors (Lipinski definition) is 4. The summed E-state index contributed by atoms with van der Waals surface area (Å²) in [6.45, 7) is 0. The number of nitrogens with zero attached hydrogens (tertiary/aromatic N) is 2. The van der Waals surface area contributed by atoms with Crippen molar-refractivity contribution >= 4 is 34.8 Å². The largest absolute Gasteiger partial charge is 0.269 e. The van der Waals surface area contributed by atoms with Gasteiger partial charge in [0.1, 0.15) is 0 Å². The minimum absolute atomic E-state index is 0.137. The van der Waals surface area contributed by atoms with Gasteiger partial charge in [0.05, 0.1) is 10.6 Å². The molecule has 0 saturated carbocycles. The van der Waals surface area contributed by atoms with Crippen LogP contribution in [-0.2, 0) is 0 Å². The summed E-state index contributed by atoms with van der Waals surface area (Å²) in [7, 11) is 0. The molecular weight excluding hydrogens is 368 g/mol. The van der Waals surface area contributed by atoms with E-state index in [4.69, 9.17) is 11.6 Å². The van der Waals surface area contributed by atoms with E-state index in [1.165, 1.54) is 36.4 Å². The van der Waals surface area contributed by atoms with Gasteiger partial charge in [-0.1, -0.05) is 29.8 Å². The molecule has 3 rings (SSSR count). The van der Waals surface area contributed by atoms with Crippen LogP contribution in [0.5, 0.6) is 0 Å². The molecule has 0 atom stereocenters. The summed E-state index contributed by atoms with van der Waals surface area (Å²) in [5, 5.41) is 11.3. The number of hydrogen-bond donors (Lipinski definition) is 0. The minimum atomic E-state index is -0.587. The van der Waals surface area contributed by atoms with Crippen molar-refractivity contribution in [1.82, 2.24) is 0 Å². The number of nitro benzene ring substituents is 1. The molecule has 2 amide bonds. The molecule has 0 fully saturated rings. The Morgan fingerprint density at radius 1 is 0.778 bits per heavy atom. The second kappa shape index (κ2) is 7.80. The van der Waals surface area contributed by atoms with Crippen LogP contribution in [0.3, 0.4) is 0 Å². The number of anilines is 1. The Labute approximate surface area is 159 Å². The average Bonchev–Trinajstić information content (AvgIpc) is 2.69. The maximum absolute atomic E-state index is 13.0. The SMILES string of the molecule is O=C(c1ccc(Cl)cc1)N(C(=O)c1ccc([N+](=O)[O-])cc1)c1ccccc1. The molecule has 0 saturated heterocycles. The fourth-order valence-corrected chi connectivity index (χ4v) is 2.61. The van der Waals surface area contributed by atoms with Crippen LogP contribution in [0, 0.1) is 10.1 Å². The number of carbonyl (C=O) groups is 2. The summed E-state index contributed by atoms with van der Waals surface area (Å²) in [6.07, 6.45) is 0. The van der Waals surface area contributed by atoms with Crippen LogP contribution >= 0.6 is 11.6 Å². The highest BCUT2D eigenvalue weighted by atomic mass is 35.5. The van der Waals surface area contributed by atoms with Crippen molar-refractivity contribution in [3.63, 3.8) is 0 Å². The summed E-state index contributed by atoms with van der Waals surface area (Å²) < 4.78 is 0. The number of non-ortho nitro benzene ring substituents is 1. The van der Waals surface area contributed by atoms with E-state index < -0.39 is 16.7 Å². The van der Waals surface area contributed by atoms with Crippen LogP contribution in [0.4, 0.5) is 11.4 Å². The monoisotopic (exact) mass is 380 g/mol. The van der Waals surface area contributed by atoms with Crippen molar-refractivity contribution in [1.29, 1.82) is 0 Å². The second-order valence-corrected chi connectivity index (χ2v) is 6.03. The molecule has 6 nitrogen and oxygen atoms in total. The number of nitro groups is 1. The molecule has 0 heterocycles. The van der Waals surface area contributed by atoms with Crippen molar-refractivity contribution in [3.05, 3.63) is 105 Å². The Hall–Kier alpha value is -3.51. The maximum atomic E-state index is 13.0. The van der Waals surface area contributed by atoms with Crippen LogP contribution in [0.2, 0.25) is 5.02 Å². The quantitative estimate of drug-likeness (QED) is 0.372. The normalized spacial score (nSPS) is 10.3. The number of benzene rings is 3. The molecule has 7 heteroatoms. The van der Waals surface area contributed by atoms with E-state index in [1.54, 1.807) is 42.5 Å². The Morgan fingerprint density at radius 2 is 1.26 bits per heavy atom. The number of para-hydroxylation sites is 1. The number of amides is 2. The Bertz CT molecular complexity index is 987. The van der Waals surface area contributed by atoms with Crippen molar-refractivity contribution in [2.75, 3.05) is 4.90 Å². The van der Waals surface area contributed by atoms with E-state index in [-0.39, 0.29) is 11.3 Å². The highest BCUT2D eigenvalue weighted by Crippen LogP contribution is 2.22. The molecule has 0 unspecified atom stereocenters. The number of rotatable bonds is 4. The van der Waals surface area contributed by atoms with Gasteiger partial charge in [0.2, 0.25) is 0 Å². The molecule has 27 heavy (non-hydrogen) atoms. The summed E-state index contributed by atoms with van der Waals surface area (Å²) in [4.78, 5) is 37.3. The highest BCUT2D eigenvalue weighted by Gasteiger charge is 2.26. The van der Waals surface area contributed by atoms with Crippen LogP contribution in [-0.4, -0.2) is 16.7 Å². The maximum Gasteiger partial charge on any atom is 0.269 e. The van der Waals surface area contributed by atoms with E-state index in [0.717, 1.165) is 4.90 Å². The van der Waals surface area contributed by atoms with Crippen molar-refractivity contribution in [3.8, 4) is 0 Å². The first-order chi connectivity index (χ1) is 13.0. The number of carbonyl (C=O) groups excluding carboxylic acids is 2. The molecule has 134 valence electrons. The van der Waals surface area contributed by atoms with E-state index in [2.05, 4.69) is 0 Å². The third-order valence-electron chi connectivity index (χ3n) is 3.84. The molecule has 0 aliphatic rings. The average molecular weight is 381 g/mol. The van der Waals surface area contributed by atoms with Gasteiger partial charge in [-0.25, -0.2) is 4.90 Å². The highest BCUT2D eigenvalue weighted by molar-refractivity contribution is 6.31. The Balaban J connectivity index is 2.01. The molecular formula is C20H13ClN2O4. The number of halogens is 1. The van der Waals surface area contributed by atoms with Crippen LogP contribution < -0.4 is 4.90 Å². The zero-order valence-corrected chi connectivity index (χ0v) is 14.7. The van der Waals surface area contributed by atoms with E-state index >= 15 is 0 Å². The third kappa shape index (κ3) is 4.02. The van der Waals surface area contributed by atoms with Crippen molar-refractivity contribution in [2.45, 2.75) is 0 Å². The molecule has 0 radical (unpaired) electrons. The van der Waals surface area contributed by atoms with Gasteiger partial charge in [-0.15, -0.1) is 0 Å². The lowest BCUT2D eigenvalue weighted by Crippen LogP contribution is -2.37. The van der Waals surface area contributed by atoms with Gasteiger partial charge in [0.15, 0.2) is 0 Å². The first-order valence-corrected chi connectivity index (χ1v) is 8.29. The predicted molar refractivity (Wildman–Crippen MR) is 102 cm³/mol. The Morgan fingerprint density at radius 3 is 1.74 bits per heavy atom. The zero-order valence-electron chi connectivity index (χ0n) is 13.9. The molecule has 0 spiro atoms. The lowest BCUT2D eigenvalue weighted by Gasteiger charge is -2.21. The van der Waals surface area contributed by atoms with E-state index in [0.29, 0.717) is 16.3 Å². The van der Waals surface area contributed by atoms with Crippen molar-refractivity contribution < 1.29 is 14.5 Å². The molecule has 0 aliphatic carbocycles. The second-order valence-electron chi connectivity index (χ2n) is 5.59. The van der Waals surface area contributed by atoms with Crippen LogP contribution in [0.25, 0.3) is 0 Å². The molecule has 0 bridgehead atoms. The standard InChI is InChI=1S/C20H13ClN2O4/c21-16-10-6-14(7-11-16)19(24)22(17-4-2-1-3-5-17)20(25)15-8-12-18(13-9-15)23(26)27/h1-13H. The minimum Gasteiger partial charge on any atom is -0.268 e. The summed E-state index contributed by atoms with van der Waals surface area (Å²) in [5.41, 5.74) is 0.702. The first kappa shape index (κ1) is 18.3. The summed E-state index contributed by atoms with van der Waals surface area (Å²) in [6, 6.07) is 19.7. The van der Waals surface area contributed by atoms with Gasteiger partial charge in [0.25, 0.3) is 17.5 Å². The number of imide groups is 1. The van der Waals surface area contributed by atoms with Crippen molar-refractivity contribution in [2.24, 2.45) is 0 Å². The van der Waals surface area contributed by atoms with E-state index in [1.807, 2.05) is 0 Å². The smallest absolute Gasteiger partial charge is 0.268 e. The first-order valence-electron chi connectivity index (χ1n) is 7.91. The zero-order chi connectivity index (χ0) is 19.4. The summed E-state index contributed by atoms with van der Waals surface area (Å²) >= 11 is 5.86. The lowest BCUT2D eigenvalue weighted by atomic mass is 10.1. The van der Waals surface area contributed by atoms with Gasteiger partial charge >= 0.3 is 0 Å². The third-order valence-corrected chi connectivity index (χ3v) is 4.09. The molecule has 3 aromatic rings. The van der Waals surface area contributed by atoms with Gasteiger partial charge in [-0.05, 0) is 48.5 Å². The summed E-state index contributed by atoms with van der Waals surface area (Å²) in [5.74, 6) is -1.11. The molecule has 0 N–H and O–H groups in total. The van der Waals surface area contributed by atoms with E-state index in [9.17, 15) is 19.7 Å². The molecule has 0 aliphatic heterocycles. The topological polar surface area (TPSA) is 80.5 Å². The van der Waals surface area contributed by atoms with Crippen LogP contribution in [0.1, 0.15) is 20.7 Å². The molecule has 0 aromatic heterocycles. The van der Waals surface area contributed by atoms with Gasteiger partial charge in [0, 0.05) is 28.3 Å². The van der Waals surface area contributed by atoms with Gasteiger partial charge in [-0.2, -0.15) is 0 Å². The molecule has 3 aromatic carbocycles. The van der Waals surface area contributed by atoms with Crippen LogP contribution in [0.15, 0.2) is 78.9 Å².